The summed E-state index contributed by atoms with van der Waals surface area (Å²) in [6.07, 6.45) is -3.38. The highest BCUT2D eigenvalue weighted by molar-refractivity contribution is 7.89. The van der Waals surface area contributed by atoms with Crippen molar-refractivity contribution >= 4 is 10.0 Å². The summed E-state index contributed by atoms with van der Waals surface area (Å²) >= 11 is 0. The number of aromatic hydroxyl groups is 1. The Morgan fingerprint density at radius 3 is 2.58 bits per heavy atom. The van der Waals surface area contributed by atoms with Gasteiger partial charge in [-0.05, 0) is 67.9 Å². The minimum absolute atomic E-state index is 0.111. The van der Waals surface area contributed by atoms with Crippen molar-refractivity contribution in [3.8, 4) is 5.75 Å². The molecule has 0 aromatic heterocycles. The Morgan fingerprint density at radius 2 is 1.90 bits per heavy atom. The molecule has 2 aromatic rings. The van der Waals surface area contributed by atoms with Gasteiger partial charge in [-0.2, -0.15) is 17.5 Å². The van der Waals surface area contributed by atoms with E-state index < -0.39 is 33.2 Å². The van der Waals surface area contributed by atoms with Crippen molar-refractivity contribution in [3.05, 3.63) is 59.2 Å². The Balaban J connectivity index is 1.81. The number of sulfonamides is 1. The Morgan fingerprint density at radius 1 is 1.19 bits per heavy atom. The van der Waals surface area contributed by atoms with E-state index in [1.807, 2.05) is 20.0 Å². The molecule has 0 saturated carbocycles. The number of hydrogen-bond acceptors (Lipinski definition) is 4. The van der Waals surface area contributed by atoms with Crippen LogP contribution in [0.25, 0.3) is 0 Å². The van der Waals surface area contributed by atoms with Crippen molar-refractivity contribution in [1.29, 1.82) is 0 Å². The van der Waals surface area contributed by atoms with Crippen LogP contribution in [0.4, 0.5) is 13.2 Å². The number of phenols is 1. The molecule has 0 amide bonds. The van der Waals surface area contributed by atoms with Gasteiger partial charge in [0.2, 0.25) is 10.0 Å². The lowest BCUT2D eigenvalue weighted by Gasteiger charge is -2.56. The largest absolute Gasteiger partial charge is 0.508 e. The van der Waals surface area contributed by atoms with Crippen LogP contribution in [0.5, 0.6) is 5.75 Å². The first-order valence-corrected chi connectivity index (χ1v) is 11.5. The molecule has 0 unspecified atom stereocenters. The first-order valence-electron chi connectivity index (χ1n) is 10.0. The van der Waals surface area contributed by atoms with E-state index in [2.05, 4.69) is 4.90 Å². The van der Waals surface area contributed by atoms with Crippen molar-refractivity contribution < 1.29 is 26.7 Å². The number of rotatable bonds is 3. The van der Waals surface area contributed by atoms with Gasteiger partial charge in [0.15, 0.2) is 0 Å². The highest BCUT2D eigenvalue weighted by atomic mass is 32.2. The van der Waals surface area contributed by atoms with Gasteiger partial charge in [-0.15, -0.1) is 0 Å². The molecule has 1 aliphatic carbocycles. The van der Waals surface area contributed by atoms with Crippen LogP contribution in [0.1, 0.15) is 30.0 Å². The van der Waals surface area contributed by atoms with E-state index in [4.69, 9.17) is 0 Å². The molecule has 1 N–H and O–H groups in total. The molecule has 2 aliphatic rings. The zero-order valence-electron chi connectivity index (χ0n) is 17.5. The molecule has 5 nitrogen and oxygen atoms in total. The van der Waals surface area contributed by atoms with Gasteiger partial charge in [0, 0.05) is 18.5 Å². The van der Waals surface area contributed by atoms with E-state index in [1.165, 1.54) is 17.4 Å². The standard InChI is InChI=1S/C22H25F3N2O3S/c1-21-9-10-26(2)19(11-14-7-8-16(28)13-18(14)21)20(21)27(3)31(29,30)17-6-4-5-15(12-17)22(23,24)25/h4-8,12-13,19-20,28H,9-11H2,1-3H3/t19-,20+,21-/m1/s1. The van der Waals surface area contributed by atoms with Crippen LogP contribution in [0.2, 0.25) is 0 Å². The van der Waals surface area contributed by atoms with E-state index >= 15 is 0 Å². The van der Waals surface area contributed by atoms with Crippen molar-refractivity contribution in [2.75, 3.05) is 20.6 Å². The third kappa shape index (κ3) is 3.52. The van der Waals surface area contributed by atoms with Crippen LogP contribution in [-0.4, -0.2) is 55.5 Å². The topological polar surface area (TPSA) is 60.9 Å². The maximum atomic E-state index is 13.5. The number of piperidine rings is 1. The molecule has 2 bridgehead atoms. The van der Waals surface area contributed by atoms with Gasteiger partial charge in [0.1, 0.15) is 5.75 Å². The van der Waals surface area contributed by atoms with Crippen LogP contribution < -0.4 is 0 Å². The fraction of sp³-hybridized carbons (Fsp3) is 0.455. The van der Waals surface area contributed by atoms with Gasteiger partial charge in [-0.25, -0.2) is 8.42 Å². The first-order chi connectivity index (χ1) is 14.4. The Kier molecular flexibility index (Phi) is 5.14. The molecule has 0 radical (unpaired) electrons. The Hall–Kier alpha value is -2.10. The third-order valence-corrected chi connectivity index (χ3v) is 8.77. The van der Waals surface area contributed by atoms with Gasteiger partial charge < -0.3 is 10.0 Å². The van der Waals surface area contributed by atoms with Crippen molar-refractivity contribution in [2.24, 2.45) is 0 Å². The monoisotopic (exact) mass is 454 g/mol. The highest BCUT2D eigenvalue weighted by Crippen LogP contribution is 2.48. The first kappa shape index (κ1) is 22.1. The van der Waals surface area contributed by atoms with Crippen molar-refractivity contribution in [3.63, 3.8) is 0 Å². The number of nitrogens with zero attached hydrogens (tertiary/aromatic N) is 2. The normalized spacial score (nSPS) is 26.7. The summed E-state index contributed by atoms with van der Waals surface area (Å²) in [5.74, 6) is 0.111. The highest BCUT2D eigenvalue weighted by Gasteiger charge is 2.54. The van der Waals surface area contributed by atoms with Gasteiger partial charge >= 0.3 is 6.18 Å². The molecule has 4 rings (SSSR count). The second-order valence-electron chi connectivity index (χ2n) is 8.75. The Bertz CT molecular complexity index is 1120. The summed E-state index contributed by atoms with van der Waals surface area (Å²) < 4.78 is 67.7. The predicted octanol–water partition coefficient (Wildman–Crippen LogP) is 3.62. The molecule has 1 saturated heterocycles. The molecule has 9 heteroatoms. The average molecular weight is 455 g/mol. The zero-order valence-corrected chi connectivity index (χ0v) is 18.3. The second-order valence-corrected chi connectivity index (χ2v) is 10.8. The lowest BCUT2D eigenvalue weighted by Crippen LogP contribution is -2.67. The number of benzene rings is 2. The number of likely N-dealkylation sites (N-methyl/N-ethyl adjacent to an activating group) is 2. The second kappa shape index (κ2) is 7.21. The maximum absolute atomic E-state index is 13.5. The maximum Gasteiger partial charge on any atom is 0.416 e. The van der Waals surface area contributed by atoms with E-state index in [0.29, 0.717) is 18.9 Å². The van der Waals surface area contributed by atoms with Crippen molar-refractivity contribution in [1.82, 2.24) is 9.21 Å². The van der Waals surface area contributed by atoms with Crippen LogP contribution in [0.15, 0.2) is 47.4 Å². The van der Waals surface area contributed by atoms with E-state index in [9.17, 15) is 26.7 Å². The summed E-state index contributed by atoms with van der Waals surface area (Å²) in [6.45, 7) is 2.73. The molecule has 1 fully saturated rings. The van der Waals surface area contributed by atoms with E-state index in [1.54, 1.807) is 12.1 Å². The number of hydrogen-bond donors (Lipinski definition) is 1. The van der Waals surface area contributed by atoms with Crippen LogP contribution in [-0.2, 0) is 28.0 Å². The van der Waals surface area contributed by atoms with Gasteiger partial charge in [0.25, 0.3) is 0 Å². The lowest BCUT2D eigenvalue weighted by molar-refractivity contribution is -0.137. The summed E-state index contributed by atoms with van der Waals surface area (Å²) in [4.78, 5) is 1.73. The summed E-state index contributed by atoms with van der Waals surface area (Å²) in [5, 5.41) is 10.1. The van der Waals surface area contributed by atoms with Crippen molar-refractivity contribution in [2.45, 2.75) is 48.3 Å². The molecule has 168 valence electrons. The third-order valence-electron chi connectivity index (χ3n) is 6.94. The van der Waals surface area contributed by atoms with Crippen LogP contribution in [0, 0.1) is 0 Å². The number of alkyl halides is 3. The van der Waals surface area contributed by atoms with Gasteiger partial charge in [-0.1, -0.05) is 19.1 Å². The Labute approximate surface area is 180 Å². The van der Waals surface area contributed by atoms with Crippen LogP contribution in [0.3, 0.4) is 0 Å². The fourth-order valence-corrected chi connectivity index (χ4v) is 6.77. The quantitative estimate of drug-likeness (QED) is 0.770. The molecular formula is C22H25F3N2O3S. The summed E-state index contributed by atoms with van der Waals surface area (Å²) in [5.41, 5.74) is 0.364. The van der Waals surface area contributed by atoms with E-state index in [-0.39, 0.29) is 16.7 Å². The SMILES string of the molecule is CN1CC[C@]2(C)c3cc(O)ccc3C[C@@H]1[C@@H]2N(C)S(=O)(=O)c1cccc(C(F)(F)F)c1. The molecule has 1 heterocycles. The summed E-state index contributed by atoms with van der Waals surface area (Å²) in [7, 11) is -0.813. The fourth-order valence-electron chi connectivity index (χ4n) is 5.24. The van der Waals surface area contributed by atoms with Crippen LogP contribution >= 0.6 is 0 Å². The summed E-state index contributed by atoms with van der Waals surface area (Å²) in [6, 6.07) is 8.42. The van der Waals surface area contributed by atoms with Gasteiger partial charge in [-0.3, -0.25) is 0 Å². The minimum atomic E-state index is -4.63. The van der Waals surface area contributed by atoms with Gasteiger partial charge in [0.05, 0.1) is 16.5 Å². The molecule has 3 atom stereocenters. The zero-order chi connectivity index (χ0) is 22.8. The predicted molar refractivity (Wildman–Crippen MR) is 110 cm³/mol. The number of fused-ring (bicyclic) bond motifs is 4. The smallest absolute Gasteiger partial charge is 0.416 e. The number of likely N-dealkylation sites (tertiary alicyclic amines) is 1. The minimum Gasteiger partial charge on any atom is -0.508 e. The lowest BCUT2D eigenvalue weighted by atomic mass is 9.61. The average Bonchev–Trinajstić information content (AvgIpc) is 2.70. The number of phenolic OH excluding ortho intramolecular Hbond substituents is 1. The molecular weight excluding hydrogens is 429 g/mol. The molecule has 0 spiro atoms. The number of halogens is 3. The molecule has 2 aromatic carbocycles. The molecule has 31 heavy (non-hydrogen) atoms. The molecule has 1 aliphatic heterocycles. The van der Waals surface area contributed by atoms with E-state index in [0.717, 1.165) is 29.8 Å².